The van der Waals surface area contributed by atoms with Gasteiger partial charge < -0.3 is 30.7 Å². The Bertz CT molecular complexity index is 1580. The number of urea groups is 1. The number of likely N-dealkylation sites (N-methyl/N-ethyl adjacent to an activating group) is 1. The number of aliphatic carboxylic acids is 1. The summed E-state index contributed by atoms with van der Waals surface area (Å²) in [5.41, 5.74) is 6.43. The number of nitrogens with two attached hydrogens (primary N) is 1. The quantitative estimate of drug-likeness (QED) is 0.136. The molecule has 234 valence electrons. The molecule has 13 nitrogen and oxygen atoms in total. The van der Waals surface area contributed by atoms with Gasteiger partial charge in [-0.2, -0.15) is 0 Å². The maximum Gasteiger partial charge on any atom is 0.408 e. The monoisotopic (exact) mass is 614 g/mol. The number of hydrogen-bond acceptors (Lipinski definition) is 7. The van der Waals surface area contributed by atoms with Crippen molar-refractivity contribution in [3.63, 3.8) is 0 Å². The van der Waals surface area contributed by atoms with Crippen LogP contribution in [0.4, 0.5) is 9.59 Å². The molecule has 1 aliphatic heterocycles. The Morgan fingerprint density at radius 1 is 0.978 bits per heavy atom. The molecule has 1 fully saturated rings. The van der Waals surface area contributed by atoms with Crippen LogP contribution in [0, 0.1) is 5.41 Å². The molecule has 2 atom stereocenters. The topological polar surface area (TPSA) is 186 Å². The number of amidine groups is 1. The van der Waals surface area contributed by atoms with Crippen molar-refractivity contribution in [2.24, 2.45) is 5.73 Å². The van der Waals surface area contributed by atoms with Crippen molar-refractivity contribution in [2.75, 3.05) is 20.1 Å². The van der Waals surface area contributed by atoms with Gasteiger partial charge in [-0.15, -0.1) is 0 Å². The summed E-state index contributed by atoms with van der Waals surface area (Å²) in [6.07, 6.45) is -0.986. The lowest BCUT2D eigenvalue weighted by Crippen LogP contribution is -2.51. The first-order chi connectivity index (χ1) is 21.4. The molecule has 0 spiro atoms. The fourth-order valence-corrected chi connectivity index (χ4v) is 4.91. The number of carboxylic acids is 1. The molecule has 13 heteroatoms. The number of hydrogen-bond donors (Lipinski definition) is 4. The largest absolute Gasteiger partial charge is 0.480 e. The van der Waals surface area contributed by atoms with E-state index in [1.54, 1.807) is 73.7 Å². The van der Waals surface area contributed by atoms with Crippen molar-refractivity contribution in [1.82, 2.24) is 20.0 Å². The lowest BCUT2D eigenvalue weighted by molar-refractivity contribution is -0.142. The summed E-state index contributed by atoms with van der Waals surface area (Å²) in [4.78, 5) is 68.3. The van der Waals surface area contributed by atoms with Crippen LogP contribution in [0.25, 0.3) is 0 Å². The van der Waals surface area contributed by atoms with Gasteiger partial charge >= 0.3 is 18.1 Å². The van der Waals surface area contributed by atoms with Crippen molar-refractivity contribution >= 4 is 35.7 Å². The van der Waals surface area contributed by atoms with E-state index in [1.807, 2.05) is 18.2 Å². The minimum Gasteiger partial charge on any atom is -0.480 e. The predicted octanol–water partition coefficient (Wildman–Crippen LogP) is 2.49. The maximum absolute atomic E-state index is 13.9. The minimum atomic E-state index is -1.52. The van der Waals surface area contributed by atoms with Crippen LogP contribution in [0.2, 0.25) is 0 Å². The Morgan fingerprint density at radius 3 is 2.11 bits per heavy atom. The maximum atomic E-state index is 13.9. The number of carboxylic acid groups (broad SMARTS) is 1. The lowest BCUT2D eigenvalue weighted by Gasteiger charge is -2.32. The first-order valence-corrected chi connectivity index (χ1v) is 14.0. The number of imide groups is 1. The number of nitrogens with one attached hydrogen (secondary N) is 2. The second kappa shape index (κ2) is 13.7. The number of carbonyl (C=O) groups excluding carboxylic acids is 4. The Labute approximate surface area is 259 Å². The number of rotatable bonds is 12. The van der Waals surface area contributed by atoms with Crippen molar-refractivity contribution in [3.05, 3.63) is 107 Å². The number of nitrogen functional groups attached to an aromatic ring is 1. The third-order valence-corrected chi connectivity index (χ3v) is 7.58. The summed E-state index contributed by atoms with van der Waals surface area (Å²) in [6, 6.07) is 22.0. The van der Waals surface area contributed by atoms with E-state index in [0.29, 0.717) is 16.7 Å². The van der Waals surface area contributed by atoms with Crippen LogP contribution >= 0.6 is 0 Å². The van der Waals surface area contributed by atoms with Crippen molar-refractivity contribution < 1.29 is 33.8 Å². The number of alkyl carbamates (subject to hydrolysis) is 1. The minimum absolute atomic E-state index is 0.0625. The molecule has 45 heavy (non-hydrogen) atoms. The normalized spacial score (nSPS) is 16.7. The van der Waals surface area contributed by atoms with E-state index in [2.05, 4.69) is 5.32 Å². The fourth-order valence-electron chi connectivity index (χ4n) is 4.91. The molecule has 5 N–H and O–H groups in total. The lowest BCUT2D eigenvalue weighted by atomic mass is 9.89. The molecular weight excluding hydrogens is 580 g/mol. The smallest absolute Gasteiger partial charge is 0.408 e. The Balaban J connectivity index is 1.49. The van der Waals surface area contributed by atoms with E-state index in [9.17, 15) is 29.1 Å². The van der Waals surface area contributed by atoms with E-state index in [1.165, 1.54) is 11.9 Å². The van der Waals surface area contributed by atoms with Gasteiger partial charge in [0.1, 0.15) is 30.6 Å². The van der Waals surface area contributed by atoms with Crippen LogP contribution < -0.4 is 11.1 Å². The van der Waals surface area contributed by atoms with Crippen molar-refractivity contribution in [2.45, 2.75) is 31.7 Å². The highest BCUT2D eigenvalue weighted by atomic mass is 16.5. The zero-order valence-electron chi connectivity index (χ0n) is 24.8. The Morgan fingerprint density at radius 2 is 1.56 bits per heavy atom. The summed E-state index contributed by atoms with van der Waals surface area (Å²) in [6.45, 7) is 0.446. The highest BCUT2D eigenvalue weighted by Crippen LogP contribution is 2.38. The molecule has 3 aromatic rings. The molecule has 0 unspecified atom stereocenters. The van der Waals surface area contributed by atoms with Gasteiger partial charge in [0.15, 0.2) is 0 Å². The second-order valence-electron chi connectivity index (χ2n) is 10.7. The molecule has 0 bridgehead atoms. The first-order valence-electron chi connectivity index (χ1n) is 14.0. The SMILES string of the molecule is CN(C[C@H](NC(=O)OCc1ccccc1)C(=O)O)C(=O)CN1C(=O)N(Cc2ccccc2)[C@@](C)(c2ccc(C(=N)N)cc2)C1=O. The molecule has 0 saturated carbocycles. The average Bonchev–Trinajstić information content (AvgIpc) is 3.21. The molecule has 0 aliphatic carbocycles. The first kappa shape index (κ1) is 32.2. The summed E-state index contributed by atoms with van der Waals surface area (Å²) in [5.74, 6) is -2.94. The second-order valence-corrected chi connectivity index (χ2v) is 10.7. The van der Waals surface area contributed by atoms with Gasteiger partial charge in [0.05, 0.1) is 6.54 Å². The summed E-state index contributed by atoms with van der Waals surface area (Å²) < 4.78 is 5.09. The summed E-state index contributed by atoms with van der Waals surface area (Å²) in [7, 11) is 1.31. The van der Waals surface area contributed by atoms with Gasteiger partial charge in [-0.25, -0.2) is 14.4 Å². The van der Waals surface area contributed by atoms with Gasteiger partial charge in [-0.05, 0) is 23.6 Å². The summed E-state index contributed by atoms with van der Waals surface area (Å²) in [5, 5.41) is 19.6. The van der Waals surface area contributed by atoms with Crippen molar-refractivity contribution in [3.8, 4) is 0 Å². The molecular formula is C32H34N6O7. The molecule has 0 radical (unpaired) electrons. The van der Waals surface area contributed by atoms with Crippen LogP contribution in [0.3, 0.4) is 0 Å². The number of amides is 5. The van der Waals surface area contributed by atoms with E-state index in [4.69, 9.17) is 15.9 Å². The number of ether oxygens (including phenoxy) is 1. The van der Waals surface area contributed by atoms with Crippen LogP contribution in [-0.2, 0) is 37.8 Å². The number of nitrogens with zero attached hydrogens (tertiary/aromatic N) is 3. The molecule has 3 aromatic carbocycles. The van der Waals surface area contributed by atoms with Gasteiger partial charge in [-0.3, -0.25) is 19.9 Å². The number of benzene rings is 3. The third-order valence-electron chi connectivity index (χ3n) is 7.58. The molecule has 1 heterocycles. The van der Waals surface area contributed by atoms with Gasteiger partial charge in [-0.1, -0.05) is 84.9 Å². The van der Waals surface area contributed by atoms with Crippen molar-refractivity contribution in [1.29, 1.82) is 5.41 Å². The Hall–Kier alpha value is -5.72. The highest BCUT2D eigenvalue weighted by Gasteiger charge is 2.55. The van der Waals surface area contributed by atoms with E-state index in [-0.39, 0.29) is 19.0 Å². The zero-order valence-corrected chi connectivity index (χ0v) is 24.8. The van der Waals surface area contributed by atoms with Crippen LogP contribution in [0.15, 0.2) is 84.9 Å². The van der Waals surface area contributed by atoms with Crippen LogP contribution in [-0.4, -0.2) is 81.7 Å². The van der Waals surface area contributed by atoms with Crippen LogP contribution in [0.5, 0.6) is 0 Å². The molecule has 1 saturated heterocycles. The van der Waals surface area contributed by atoms with Gasteiger partial charge in [0.25, 0.3) is 5.91 Å². The third kappa shape index (κ3) is 7.26. The van der Waals surface area contributed by atoms with Crippen LogP contribution in [0.1, 0.15) is 29.2 Å². The average molecular weight is 615 g/mol. The van der Waals surface area contributed by atoms with E-state index in [0.717, 1.165) is 15.4 Å². The van der Waals surface area contributed by atoms with E-state index < -0.39 is 54.6 Å². The fraction of sp³-hybridized carbons (Fsp3) is 0.250. The standard InChI is InChI=1S/C32H34N6O7/c1-32(24-15-13-23(14-16-24)27(33)34)29(42)37(31(44)38(32)17-21-9-5-3-6-10-21)19-26(39)36(2)18-25(28(40)41)35-30(43)45-20-22-11-7-4-8-12-22/h3-16,25H,17-20H2,1-2H3,(H3,33,34)(H,35,43)(H,40,41)/t25-,32-/m0/s1. The molecule has 1 aliphatic rings. The summed E-state index contributed by atoms with van der Waals surface area (Å²) >= 11 is 0. The highest BCUT2D eigenvalue weighted by molar-refractivity contribution is 6.09. The molecule has 0 aromatic heterocycles. The molecule has 4 rings (SSSR count). The van der Waals surface area contributed by atoms with Gasteiger partial charge in [0, 0.05) is 19.2 Å². The Kier molecular flexibility index (Phi) is 9.81. The number of carbonyl (C=O) groups is 5. The van der Waals surface area contributed by atoms with Gasteiger partial charge in [0.2, 0.25) is 5.91 Å². The molecule has 5 amide bonds. The predicted molar refractivity (Wildman–Crippen MR) is 163 cm³/mol. The zero-order chi connectivity index (χ0) is 32.7. The van der Waals surface area contributed by atoms with E-state index >= 15 is 0 Å².